The monoisotopic (exact) mass is 359 g/mol. The van der Waals surface area contributed by atoms with E-state index in [0.29, 0.717) is 5.69 Å². The van der Waals surface area contributed by atoms with E-state index in [1.807, 2.05) is 30.3 Å². The first kappa shape index (κ1) is 16.3. The van der Waals surface area contributed by atoms with Gasteiger partial charge < -0.3 is 4.57 Å². The van der Waals surface area contributed by atoms with Gasteiger partial charge in [0.25, 0.3) is 0 Å². The minimum atomic E-state index is 0.404. The highest BCUT2D eigenvalue weighted by Crippen LogP contribution is 2.33. The fraction of sp³-hybridized carbons (Fsp3) is 0.0400. The number of pyridine rings is 1. The summed E-state index contributed by atoms with van der Waals surface area (Å²) >= 11 is 0. The highest BCUT2D eigenvalue weighted by Gasteiger charge is 2.13. The van der Waals surface area contributed by atoms with Gasteiger partial charge in [0, 0.05) is 34.2 Å². The van der Waals surface area contributed by atoms with Crippen LogP contribution in [0.15, 0.2) is 79.4 Å². The van der Waals surface area contributed by atoms with Crippen molar-refractivity contribution < 1.29 is 0 Å². The molecule has 0 atom stereocenters. The topological polar surface area (TPSA) is 41.6 Å². The standard InChI is InChI=1S/C25H17N3/c1-16(21-14-18(15-26)27-23-9-5-3-7-19(21)23)17-11-12-25-22(13-17)20-8-4-6-10-24(20)28(25)2/h3-14H,1H2,2H3. The Morgan fingerprint density at radius 2 is 1.61 bits per heavy atom. The smallest absolute Gasteiger partial charge is 0.141 e. The molecule has 0 aliphatic heterocycles. The number of hydrogen-bond donors (Lipinski definition) is 0. The maximum Gasteiger partial charge on any atom is 0.141 e. The number of fused-ring (bicyclic) bond motifs is 4. The third-order valence-electron chi connectivity index (χ3n) is 5.42. The maximum atomic E-state index is 9.39. The summed E-state index contributed by atoms with van der Waals surface area (Å²) in [6.45, 7) is 4.37. The molecule has 28 heavy (non-hydrogen) atoms. The van der Waals surface area contributed by atoms with Crippen molar-refractivity contribution >= 4 is 38.3 Å². The van der Waals surface area contributed by atoms with Crippen LogP contribution in [0.1, 0.15) is 16.8 Å². The average molecular weight is 359 g/mol. The van der Waals surface area contributed by atoms with E-state index >= 15 is 0 Å². The van der Waals surface area contributed by atoms with Gasteiger partial charge in [0.2, 0.25) is 0 Å². The highest BCUT2D eigenvalue weighted by atomic mass is 14.9. The van der Waals surface area contributed by atoms with Gasteiger partial charge in [-0.25, -0.2) is 4.98 Å². The van der Waals surface area contributed by atoms with Crippen molar-refractivity contribution in [1.82, 2.24) is 9.55 Å². The predicted octanol–water partition coefficient (Wildman–Crippen LogP) is 5.81. The summed E-state index contributed by atoms with van der Waals surface area (Å²) in [5.41, 5.74) is 6.50. The van der Waals surface area contributed by atoms with Crippen molar-refractivity contribution in [1.29, 1.82) is 5.26 Å². The number of aromatic nitrogens is 2. The summed E-state index contributed by atoms with van der Waals surface area (Å²) in [5, 5.41) is 12.8. The maximum absolute atomic E-state index is 9.39. The molecule has 2 heterocycles. The minimum Gasteiger partial charge on any atom is -0.344 e. The van der Waals surface area contributed by atoms with Gasteiger partial charge >= 0.3 is 0 Å². The molecular weight excluding hydrogens is 342 g/mol. The van der Waals surface area contributed by atoms with Crippen LogP contribution < -0.4 is 0 Å². The lowest BCUT2D eigenvalue weighted by Crippen LogP contribution is -1.94. The molecule has 3 aromatic carbocycles. The van der Waals surface area contributed by atoms with Gasteiger partial charge in [-0.15, -0.1) is 0 Å². The molecule has 0 radical (unpaired) electrons. The summed E-state index contributed by atoms with van der Waals surface area (Å²) in [6, 6.07) is 26.7. The van der Waals surface area contributed by atoms with Crippen LogP contribution in [0.2, 0.25) is 0 Å². The highest BCUT2D eigenvalue weighted by molar-refractivity contribution is 6.09. The second-order valence-corrected chi connectivity index (χ2v) is 6.97. The van der Waals surface area contributed by atoms with E-state index in [1.165, 1.54) is 21.8 Å². The van der Waals surface area contributed by atoms with E-state index in [4.69, 9.17) is 0 Å². The summed E-state index contributed by atoms with van der Waals surface area (Å²) in [5.74, 6) is 0. The van der Waals surface area contributed by atoms with E-state index in [0.717, 1.165) is 27.6 Å². The third-order valence-corrected chi connectivity index (χ3v) is 5.42. The number of aryl methyl sites for hydroxylation is 1. The molecular formula is C25H17N3. The Morgan fingerprint density at radius 1 is 0.893 bits per heavy atom. The van der Waals surface area contributed by atoms with Crippen LogP contribution in [0.5, 0.6) is 0 Å². The number of rotatable bonds is 2. The van der Waals surface area contributed by atoms with Gasteiger partial charge in [0.15, 0.2) is 0 Å². The van der Waals surface area contributed by atoms with Crippen molar-refractivity contribution in [2.45, 2.75) is 0 Å². The van der Waals surface area contributed by atoms with Crippen molar-refractivity contribution in [3.05, 3.63) is 96.2 Å². The second kappa shape index (κ2) is 6.07. The number of benzene rings is 3. The minimum absolute atomic E-state index is 0.404. The molecule has 5 aromatic rings. The molecule has 5 rings (SSSR count). The Morgan fingerprint density at radius 3 is 2.43 bits per heavy atom. The van der Waals surface area contributed by atoms with Crippen LogP contribution in [-0.4, -0.2) is 9.55 Å². The fourth-order valence-corrected chi connectivity index (χ4v) is 3.99. The van der Waals surface area contributed by atoms with Crippen LogP contribution in [-0.2, 0) is 7.05 Å². The van der Waals surface area contributed by atoms with E-state index in [9.17, 15) is 5.26 Å². The van der Waals surface area contributed by atoms with E-state index < -0.39 is 0 Å². The zero-order chi connectivity index (χ0) is 19.3. The molecule has 0 saturated heterocycles. The molecule has 0 amide bonds. The molecule has 0 saturated carbocycles. The van der Waals surface area contributed by atoms with Crippen LogP contribution in [0.25, 0.3) is 38.3 Å². The lowest BCUT2D eigenvalue weighted by molar-refractivity contribution is 1.01. The van der Waals surface area contributed by atoms with Gasteiger partial charge in [-0.3, -0.25) is 0 Å². The van der Waals surface area contributed by atoms with Crippen LogP contribution in [0.3, 0.4) is 0 Å². The van der Waals surface area contributed by atoms with Crippen molar-refractivity contribution in [2.24, 2.45) is 7.05 Å². The zero-order valence-electron chi connectivity index (χ0n) is 15.5. The van der Waals surface area contributed by atoms with Gasteiger partial charge in [0.1, 0.15) is 11.8 Å². The summed E-state index contributed by atoms with van der Waals surface area (Å²) in [4.78, 5) is 4.42. The van der Waals surface area contributed by atoms with Crippen LogP contribution in [0, 0.1) is 11.3 Å². The molecule has 0 unspecified atom stereocenters. The molecule has 0 aliphatic carbocycles. The first-order valence-corrected chi connectivity index (χ1v) is 9.14. The average Bonchev–Trinajstić information content (AvgIpc) is 3.04. The molecule has 2 aromatic heterocycles. The Balaban J connectivity index is 1.75. The molecule has 132 valence electrons. The summed E-state index contributed by atoms with van der Waals surface area (Å²) < 4.78 is 2.22. The molecule has 0 spiro atoms. The van der Waals surface area contributed by atoms with Crippen molar-refractivity contribution in [3.63, 3.8) is 0 Å². The number of nitrogens with zero attached hydrogens (tertiary/aromatic N) is 3. The van der Waals surface area contributed by atoms with Crippen LogP contribution in [0.4, 0.5) is 0 Å². The lowest BCUT2D eigenvalue weighted by atomic mass is 9.94. The molecule has 3 heteroatoms. The molecule has 0 aliphatic rings. The molecule has 3 nitrogen and oxygen atoms in total. The fourth-order valence-electron chi connectivity index (χ4n) is 3.99. The summed E-state index contributed by atoms with van der Waals surface area (Å²) in [7, 11) is 2.09. The second-order valence-electron chi connectivity index (χ2n) is 6.97. The van der Waals surface area contributed by atoms with Crippen molar-refractivity contribution in [3.8, 4) is 6.07 Å². The number of hydrogen-bond acceptors (Lipinski definition) is 2. The largest absolute Gasteiger partial charge is 0.344 e. The molecule has 0 N–H and O–H groups in total. The van der Waals surface area contributed by atoms with Gasteiger partial charge in [-0.05, 0) is 47.0 Å². The Bertz CT molecular complexity index is 1450. The summed E-state index contributed by atoms with van der Waals surface area (Å²) in [6.07, 6.45) is 0. The third kappa shape index (κ3) is 2.32. The number of nitriles is 1. The predicted molar refractivity (Wildman–Crippen MR) is 115 cm³/mol. The van der Waals surface area contributed by atoms with Gasteiger partial charge in [-0.2, -0.15) is 5.26 Å². The Kier molecular flexibility index (Phi) is 3.53. The molecule has 0 bridgehead atoms. The SMILES string of the molecule is C=C(c1ccc2c(c1)c1ccccc1n2C)c1cc(C#N)nc2ccccc12. The zero-order valence-corrected chi connectivity index (χ0v) is 15.5. The normalized spacial score (nSPS) is 11.1. The van der Waals surface area contributed by atoms with E-state index in [1.54, 1.807) is 0 Å². The van der Waals surface area contributed by atoms with Crippen molar-refractivity contribution in [2.75, 3.05) is 0 Å². The molecule has 0 fully saturated rings. The van der Waals surface area contributed by atoms with E-state index in [2.05, 4.69) is 71.7 Å². The Hall–Kier alpha value is -3.90. The van der Waals surface area contributed by atoms with Crippen LogP contribution >= 0.6 is 0 Å². The number of para-hydroxylation sites is 2. The Labute approximate surface area is 162 Å². The quantitative estimate of drug-likeness (QED) is 0.399. The van der Waals surface area contributed by atoms with Gasteiger partial charge in [0.05, 0.1) is 5.52 Å². The lowest BCUT2D eigenvalue weighted by Gasteiger charge is -2.11. The first-order chi connectivity index (χ1) is 13.7. The van der Waals surface area contributed by atoms with E-state index in [-0.39, 0.29) is 0 Å². The van der Waals surface area contributed by atoms with Gasteiger partial charge in [-0.1, -0.05) is 49.0 Å². The first-order valence-electron chi connectivity index (χ1n) is 9.14.